The fourth-order valence-corrected chi connectivity index (χ4v) is 2.23. The molecule has 24 heavy (non-hydrogen) atoms. The van der Waals surface area contributed by atoms with E-state index in [1.807, 2.05) is 60.7 Å². The van der Waals surface area contributed by atoms with E-state index in [2.05, 4.69) is 5.16 Å². The van der Waals surface area contributed by atoms with Crippen molar-refractivity contribution in [2.24, 2.45) is 10.9 Å². The molecule has 0 amide bonds. The molecule has 118 valence electrons. The van der Waals surface area contributed by atoms with Gasteiger partial charge in [-0.15, -0.1) is 0 Å². The summed E-state index contributed by atoms with van der Waals surface area (Å²) in [6, 6.07) is 26.2. The normalized spacial score (nSPS) is 11.1. The number of hydrogen-bond donors (Lipinski definition) is 1. The third kappa shape index (κ3) is 3.67. The number of amidine groups is 1. The quantitative estimate of drug-likeness (QED) is 0.344. The summed E-state index contributed by atoms with van der Waals surface area (Å²) in [5.41, 5.74) is 9.02. The van der Waals surface area contributed by atoms with E-state index in [0.29, 0.717) is 11.1 Å². The molecular formula is C20H16N2O2. The first-order valence-corrected chi connectivity index (χ1v) is 7.50. The van der Waals surface area contributed by atoms with Gasteiger partial charge in [-0.1, -0.05) is 78.0 Å². The Labute approximate surface area is 140 Å². The number of carbonyl (C=O) groups is 1. The van der Waals surface area contributed by atoms with Crippen molar-refractivity contribution >= 4 is 11.8 Å². The van der Waals surface area contributed by atoms with E-state index >= 15 is 0 Å². The lowest BCUT2D eigenvalue weighted by Crippen LogP contribution is -2.15. The lowest BCUT2D eigenvalue weighted by atomic mass is 10.0. The molecule has 3 aromatic carbocycles. The summed E-state index contributed by atoms with van der Waals surface area (Å²) in [5.74, 6) is -0.390. The third-order valence-corrected chi connectivity index (χ3v) is 3.52. The molecule has 0 saturated carbocycles. The number of oxime groups is 1. The van der Waals surface area contributed by atoms with Crippen LogP contribution in [0.3, 0.4) is 0 Å². The van der Waals surface area contributed by atoms with Crippen molar-refractivity contribution < 1.29 is 9.63 Å². The standard InChI is InChI=1S/C20H16N2O2/c21-19(17-9-5-2-6-10-17)22-24-20(23)18-13-11-16(12-14-18)15-7-3-1-4-8-15/h1-14H,(H2,21,22). The molecule has 0 unspecified atom stereocenters. The maximum absolute atomic E-state index is 12.0. The summed E-state index contributed by atoms with van der Waals surface area (Å²) in [4.78, 5) is 17.0. The first kappa shape index (κ1) is 15.5. The molecule has 0 aliphatic heterocycles. The van der Waals surface area contributed by atoms with E-state index in [-0.39, 0.29) is 5.84 Å². The van der Waals surface area contributed by atoms with E-state index in [1.165, 1.54) is 0 Å². The second kappa shape index (κ2) is 7.24. The molecule has 3 rings (SSSR count). The number of nitrogens with two attached hydrogens (primary N) is 1. The zero-order chi connectivity index (χ0) is 16.8. The lowest BCUT2D eigenvalue weighted by Gasteiger charge is -2.03. The van der Waals surface area contributed by atoms with E-state index < -0.39 is 5.97 Å². The Hall–Kier alpha value is -3.40. The van der Waals surface area contributed by atoms with Gasteiger partial charge in [-0.25, -0.2) is 4.79 Å². The van der Waals surface area contributed by atoms with Crippen LogP contribution in [-0.4, -0.2) is 11.8 Å². The van der Waals surface area contributed by atoms with Crippen LogP contribution in [0.1, 0.15) is 15.9 Å². The molecule has 0 bridgehead atoms. The average molecular weight is 316 g/mol. The van der Waals surface area contributed by atoms with Crippen LogP contribution in [0.5, 0.6) is 0 Å². The average Bonchev–Trinajstić information content (AvgIpc) is 2.67. The van der Waals surface area contributed by atoms with Crippen LogP contribution in [0.25, 0.3) is 11.1 Å². The Morgan fingerprint density at radius 2 is 1.25 bits per heavy atom. The zero-order valence-electron chi connectivity index (χ0n) is 12.9. The van der Waals surface area contributed by atoms with Gasteiger partial charge in [0.2, 0.25) is 0 Å². The maximum atomic E-state index is 12.0. The van der Waals surface area contributed by atoms with Gasteiger partial charge < -0.3 is 10.6 Å². The molecule has 2 N–H and O–H groups in total. The van der Waals surface area contributed by atoms with Gasteiger partial charge in [-0.2, -0.15) is 0 Å². The minimum absolute atomic E-state index is 0.157. The molecule has 3 aromatic rings. The monoisotopic (exact) mass is 316 g/mol. The Bertz CT molecular complexity index is 842. The van der Waals surface area contributed by atoms with Crippen LogP contribution < -0.4 is 5.73 Å². The van der Waals surface area contributed by atoms with Gasteiger partial charge in [0.1, 0.15) is 0 Å². The van der Waals surface area contributed by atoms with Crippen molar-refractivity contribution in [2.75, 3.05) is 0 Å². The predicted molar refractivity (Wildman–Crippen MR) is 94.5 cm³/mol. The molecule has 0 aromatic heterocycles. The summed E-state index contributed by atoms with van der Waals surface area (Å²) >= 11 is 0. The van der Waals surface area contributed by atoms with Crippen molar-refractivity contribution in [3.05, 3.63) is 96.1 Å². The largest absolute Gasteiger partial charge is 0.380 e. The SMILES string of the molecule is N/C(=N\OC(=O)c1ccc(-c2ccccc2)cc1)c1ccccc1. The first-order valence-electron chi connectivity index (χ1n) is 7.50. The fourth-order valence-electron chi connectivity index (χ4n) is 2.23. The Morgan fingerprint density at radius 3 is 1.88 bits per heavy atom. The van der Waals surface area contributed by atoms with Crippen LogP contribution in [0.15, 0.2) is 90.1 Å². The third-order valence-electron chi connectivity index (χ3n) is 3.52. The number of hydrogen-bond acceptors (Lipinski definition) is 3. The van der Waals surface area contributed by atoms with Gasteiger partial charge in [0.25, 0.3) is 0 Å². The topological polar surface area (TPSA) is 64.7 Å². The molecule has 0 aliphatic rings. The molecule has 0 radical (unpaired) electrons. The highest BCUT2D eigenvalue weighted by molar-refractivity contribution is 5.98. The highest BCUT2D eigenvalue weighted by Gasteiger charge is 2.08. The van der Waals surface area contributed by atoms with Crippen molar-refractivity contribution in [2.45, 2.75) is 0 Å². The molecule has 0 atom stereocenters. The van der Waals surface area contributed by atoms with Crippen molar-refractivity contribution in [3.63, 3.8) is 0 Å². The minimum atomic E-state index is -0.548. The molecule has 4 heteroatoms. The second-order valence-corrected chi connectivity index (χ2v) is 5.16. The maximum Gasteiger partial charge on any atom is 0.365 e. The van der Waals surface area contributed by atoms with Crippen LogP contribution in [0, 0.1) is 0 Å². The van der Waals surface area contributed by atoms with Crippen LogP contribution in [-0.2, 0) is 4.84 Å². The number of benzene rings is 3. The van der Waals surface area contributed by atoms with Gasteiger partial charge in [-0.3, -0.25) is 0 Å². The smallest absolute Gasteiger partial charge is 0.365 e. The lowest BCUT2D eigenvalue weighted by molar-refractivity contribution is 0.0516. The summed E-state index contributed by atoms with van der Waals surface area (Å²) in [7, 11) is 0. The van der Waals surface area contributed by atoms with E-state index in [0.717, 1.165) is 11.1 Å². The molecular weight excluding hydrogens is 300 g/mol. The molecule has 0 saturated heterocycles. The molecule has 4 nitrogen and oxygen atoms in total. The van der Waals surface area contributed by atoms with E-state index in [4.69, 9.17) is 10.6 Å². The predicted octanol–water partition coefficient (Wildman–Crippen LogP) is 3.83. The highest BCUT2D eigenvalue weighted by atomic mass is 16.7. The van der Waals surface area contributed by atoms with E-state index in [1.54, 1.807) is 24.3 Å². The molecule has 0 heterocycles. The Kier molecular flexibility index (Phi) is 4.68. The fraction of sp³-hybridized carbons (Fsp3) is 0. The number of rotatable bonds is 4. The highest BCUT2D eigenvalue weighted by Crippen LogP contribution is 2.19. The summed E-state index contributed by atoms with van der Waals surface area (Å²) in [6.07, 6.45) is 0. The van der Waals surface area contributed by atoms with Gasteiger partial charge in [-0.05, 0) is 23.3 Å². The van der Waals surface area contributed by atoms with Crippen LogP contribution in [0.4, 0.5) is 0 Å². The van der Waals surface area contributed by atoms with Gasteiger partial charge in [0.05, 0.1) is 5.56 Å². The van der Waals surface area contributed by atoms with Gasteiger partial charge in [0.15, 0.2) is 5.84 Å². The minimum Gasteiger partial charge on any atom is -0.380 e. The van der Waals surface area contributed by atoms with Crippen LogP contribution in [0.2, 0.25) is 0 Å². The van der Waals surface area contributed by atoms with Crippen molar-refractivity contribution in [1.29, 1.82) is 0 Å². The molecule has 0 fully saturated rings. The van der Waals surface area contributed by atoms with Gasteiger partial charge >= 0.3 is 5.97 Å². The number of nitrogens with zero attached hydrogens (tertiary/aromatic N) is 1. The second-order valence-electron chi connectivity index (χ2n) is 5.16. The summed E-state index contributed by atoms with van der Waals surface area (Å²) in [5, 5.41) is 3.70. The molecule has 0 aliphatic carbocycles. The van der Waals surface area contributed by atoms with Crippen molar-refractivity contribution in [3.8, 4) is 11.1 Å². The Balaban J connectivity index is 1.70. The summed E-state index contributed by atoms with van der Waals surface area (Å²) < 4.78 is 0. The number of carbonyl (C=O) groups excluding carboxylic acids is 1. The van der Waals surface area contributed by atoms with Crippen molar-refractivity contribution in [1.82, 2.24) is 0 Å². The van der Waals surface area contributed by atoms with E-state index in [9.17, 15) is 4.79 Å². The zero-order valence-corrected chi connectivity index (χ0v) is 12.9. The van der Waals surface area contributed by atoms with Gasteiger partial charge in [0, 0.05) is 5.56 Å². The Morgan fingerprint density at radius 1 is 0.708 bits per heavy atom. The first-order chi connectivity index (χ1) is 11.7. The summed E-state index contributed by atoms with van der Waals surface area (Å²) in [6.45, 7) is 0. The molecule has 0 spiro atoms. The van der Waals surface area contributed by atoms with Crippen LogP contribution >= 0.6 is 0 Å².